The minimum absolute atomic E-state index is 0.178. The van der Waals surface area contributed by atoms with Crippen LogP contribution in [0.1, 0.15) is 12.0 Å². The van der Waals surface area contributed by atoms with Crippen molar-refractivity contribution in [2.24, 2.45) is 0 Å². The van der Waals surface area contributed by atoms with Gasteiger partial charge >= 0.3 is 5.97 Å². The molecule has 0 radical (unpaired) electrons. The molecular weight excluding hydrogens is 258 g/mol. The number of rotatable bonds is 4. The van der Waals surface area contributed by atoms with Crippen LogP contribution >= 0.6 is 0 Å². The summed E-state index contributed by atoms with van der Waals surface area (Å²) in [6, 6.07) is 6.84. The fourth-order valence-electron chi connectivity index (χ4n) is 2.15. The standard InChI is InChI=1S/C15H17NO4/c1-19-12-8-6-11(7-9-12)10-16-13(15(18)20-2)4-3-5-14(16)17/h3,5-9,13H,4,10H2,1-2H3. The lowest BCUT2D eigenvalue weighted by molar-refractivity contribution is -0.152. The molecule has 1 heterocycles. The van der Waals surface area contributed by atoms with E-state index < -0.39 is 12.0 Å². The summed E-state index contributed by atoms with van der Waals surface area (Å²) in [5.74, 6) is 0.182. The second-order valence-electron chi connectivity index (χ2n) is 4.49. The normalized spacial score (nSPS) is 18.0. The van der Waals surface area contributed by atoms with Crippen LogP contribution in [0.3, 0.4) is 0 Å². The number of hydrogen-bond acceptors (Lipinski definition) is 4. The number of carbonyl (C=O) groups excluding carboxylic acids is 2. The van der Waals surface area contributed by atoms with E-state index in [1.54, 1.807) is 13.2 Å². The van der Waals surface area contributed by atoms with Crippen molar-refractivity contribution in [3.63, 3.8) is 0 Å². The highest BCUT2D eigenvalue weighted by molar-refractivity contribution is 5.93. The van der Waals surface area contributed by atoms with Crippen LogP contribution in [-0.2, 0) is 20.9 Å². The maximum atomic E-state index is 12.0. The highest BCUT2D eigenvalue weighted by Gasteiger charge is 2.31. The van der Waals surface area contributed by atoms with Crippen LogP contribution in [0.4, 0.5) is 0 Å². The Balaban J connectivity index is 2.16. The van der Waals surface area contributed by atoms with Gasteiger partial charge in [-0.2, -0.15) is 0 Å². The first-order valence-corrected chi connectivity index (χ1v) is 6.33. The zero-order valence-electron chi connectivity index (χ0n) is 11.5. The third kappa shape index (κ3) is 2.99. The molecule has 0 aliphatic carbocycles. The molecule has 0 spiro atoms. The first kappa shape index (κ1) is 14.1. The minimum atomic E-state index is -0.556. The number of esters is 1. The summed E-state index contributed by atoms with van der Waals surface area (Å²) in [5.41, 5.74) is 0.934. The second-order valence-corrected chi connectivity index (χ2v) is 4.49. The Morgan fingerprint density at radius 3 is 2.60 bits per heavy atom. The van der Waals surface area contributed by atoms with Crippen LogP contribution < -0.4 is 4.74 Å². The summed E-state index contributed by atoms with van der Waals surface area (Å²) < 4.78 is 9.85. The van der Waals surface area contributed by atoms with Crippen molar-refractivity contribution in [1.29, 1.82) is 0 Å². The molecule has 1 aromatic rings. The van der Waals surface area contributed by atoms with Gasteiger partial charge in [-0.15, -0.1) is 0 Å². The predicted octanol–water partition coefficient (Wildman–Crippen LogP) is 1.53. The van der Waals surface area contributed by atoms with Crippen molar-refractivity contribution in [3.8, 4) is 5.75 Å². The van der Waals surface area contributed by atoms with E-state index in [9.17, 15) is 9.59 Å². The van der Waals surface area contributed by atoms with E-state index in [0.29, 0.717) is 13.0 Å². The van der Waals surface area contributed by atoms with E-state index in [2.05, 4.69) is 0 Å². The van der Waals surface area contributed by atoms with Gasteiger partial charge in [-0.1, -0.05) is 18.2 Å². The number of nitrogens with zero attached hydrogens (tertiary/aromatic N) is 1. The third-order valence-electron chi connectivity index (χ3n) is 3.26. The van der Waals surface area contributed by atoms with Gasteiger partial charge in [0.25, 0.3) is 0 Å². The van der Waals surface area contributed by atoms with Gasteiger partial charge in [-0.25, -0.2) is 4.79 Å². The zero-order valence-corrected chi connectivity index (χ0v) is 11.5. The number of hydrogen-bond donors (Lipinski definition) is 0. The molecular formula is C15H17NO4. The van der Waals surface area contributed by atoms with Crippen molar-refractivity contribution >= 4 is 11.9 Å². The van der Waals surface area contributed by atoms with E-state index in [0.717, 1.165) is 11.3 Å². The average Bonchev–Trinajstić information content (AvgIpc) is 2.49. The van der Waals surface area contributed by atoms with Crippen molar-refractivity contribution in [2.45, 2.75) is 19.0 Å². The maximum Gasteiger partial charge on any atom is 0.328 e. The first-order chi connectivity index (χ1) is 9.65. The molecule has 1 amide bonds. The lowest BCUT2D eigenvalue weighted by atomic mass is 10.1. The average molecular weight is 275 g/mol. The molecule has 1 atom stereocenters. The summed E-state index contributed by atoms with van der Waals surface area (Å²) in [6.07, 6.45) is 3.67. The lowest BCUT2D eigenvalue weighted by Crippen LogP contribution is -2.46. The van der Waals surface area contributed by atoms with Gasteiger partial charge in [0.2, 0.25) is 5.91 Å². The smallest absolute Gasteiger partial charge is 0.328 e. The summed E-state index contributed by atoms with van der Waals surface area (Å²) >= 11 is 0. The van der Waals surface area contributed by atoms with Crippen LogP contribution in [0.25, 0.3) is 0 Å². The molecule has 0 saturated heterocycles. The molecule has 0 fully saturated rings. The molecule has 0 saturated carbocycles. The molecule has 106 valence electrons. The first-order valence-electron chi connectivity index (χ1n) is 6.33. The van der Waals surface area contributed by atoms with Gasteiger partial charge < -0.3 is 14.4 Å². The predicted molar refractivity (Wildman–Crippen MR) is 73.1 cm³/mol. The quantitative estimate of drug-likeness (QED) is 0.782. The van der Waals surface area contributed by atoms with Crippen molar-refractivity contribution < 1.29 is 19.1 Å². The molecule has 1 aliphatic heterocycles. The van der Waals surface area contributed by atoms with Crippen LogP contribution in [0.5, 0.6) is 5.75 Å². The number of amides is 1. The number of carbonyl (C=O) groups is 2. The van der Waals surface area contributed by atoms with Gasteiger partial charge in [0.1, 0.15) is 11.8 Å². The second kappa shape index (κ2) is 6.23. The summed E-state index contributed by atoms with van der Waals surface area (Å²) in [7, 11) is 2.93. The fourth-order valence-corrected chi connectivity index (χ4v) is 2.15. The number of benzene rings is 1. The highest BCUT2D eigenvalue weighted by Crippen LogP contribution is 2.19. The Hall–Kier alpha value is -2.30. The van der Waals surface area contributed by atoms with E-state index in [4.69, 9.17) is 9.47 Å². The van der Waals surface area contributed by atoms with Gasteiger partial charge in [0, 0.05) is 6.54 Å². The Bertz CT molecular complexity index is 521. The molecule has 1 aliphatic rings. The van der Waals surface area contributed by atoms with Gasteiger partial charge in [0.05, 0.1) is 14.2 Å². The summed E-state index contributed by atoms with van der Waals surface area (Å²) in [5, 5.41) is 0. The monoisotopic (exact) mass is 275 g/mol. The molecule has 2 rings (SSSR count). The maximum absolute atomic E-state index is 12.0. The molecule has 0 aromatic heterocycles. The van der Waals surface area contributed by atoms with Crippen LogP contribution in [0.2, 0.25) is 0 Å². The number of ether oxygens (including phenoxy) is 2. The molecule has 0 N–H and O–H groups in total. The van der Waals surface area contributed by atoms with E-state index in [1.165, 1.54) is 18.1 Å². The van der Waals surface area contributed by atoms with Crippen LogP contribution in [-0.4, -0.2) is 37.0 Å². The molecule has 5 nitrogen and oxygen atoms in total. The Kier molecular flexibility index (Phi) is 4.40. The van der Waals surface area contributed by atoms with Crippen molar-refractivity contribution in [2.75, 3.05) is 14.2 Å². The SMILES string of the molecule is COC(=O)C1CC=CC(=O)N1Cc1ccc(OC)cc1. The Labute approximate surface area is 117 Å². The van der Waals surface area contributed by atoms with E-state index in [1.807, 2.05) is 24.3 Å². The van der Waals surface area contributed by atoms with Gasteiger partial charge in [0.15, 0.2) is 0 Å². The van der Waals surface area contributed by atoms with E-state index >= 15 is 0 Å². The van der Waals surface area contributed by atoms with E-state index in [-0.39, 0.29) is 5.91 Å². The highest BCUT2D eigenvalue weighted by atomic mass is 16.5. The topological polar surface area (TPSA) is 55.8 Å². The number of methoxy groups -OCH3 is 2. The van der Waals surface area contributed by atoms with Crippen molar-refractivity contribution in [1.82, 2.24) is 4.90 Å². The molecule has 5 heteroatoms. The Morgan fingerprint density at radius 2 is 2.00 bits per heavy atom. The van der Waals surface area contributed by atoms with Crippen molar-refractivity contribution in [3.05, 3.63) is 42.0 Å². The third-order valence-corrected chi connectivity index (χ3v) is 3.26. The molecule has 1 aromatic carbocycles. The minimum Gasteiger partial charge on any atom is -0.497 e. The van der Waals surface area contributed by atoms with Gasteiger partial charge in [-0.3, -0.25) is 4.79 Å². The largest absolute Gasteiger partial charge is 0.497 e. The van der Waals surface area contributed by atoms with Crippen LogP contribution in [0, 0.1) is 0 Å². The molecule has 20 heavy (non-hydrogen) atoms. The van der Waals surface area contributed by atoms with Crippen LogP contribution in [0.15, 0.2) is 36.4 Å². The van der Waals surface area contributed by atoms with Gasteiger partial charge in [-0.05, 0) is 30.2 Å². The summed E-state index contributed by atoms with van der Waals surface area (Å²) in [6.45, 7) is 0.368. The molecule has 0 bridgehead atoms. The zero-order chi connectivity index (χ0) is 14.5. The fraction of sp³-hybridized carbons (Fsp3) is 0.333. The molecule has 1 unspecified atom stereocenters. The lowest BCUT2D eigenvalue weighted by Gasteiger charge is -2.31. The summed E-state index contributed by atoms with van der Waals surface area (Å²) in [4.78, 5) is 25.2. The Morgan fingerprint density at radius 1 is 1.30 bits per heavy atom.